The first-order valence-electron chi connectivity index (χ1n) is 6.52. The molecule has 3 rings (SSSR count). The van der Waals surface area contributed by atoms with Crippen molar-refractivity contribution in [3.8, 4) is 5.75 Å². The molecule has 1 amide bonds. The predicted molar refractivity (Wildman–Crippen MR) is 75.9 cm³/mol. The number of hydrogen-bond acceptors (Lipinski definition) is 3. The second kappa shape index (κ2) is 4.80. The van der Waals surface area contributed by atoms with Crippen LogP contribution in [0.15, 0.2) is 22.7 Å². The summed E-state index contributed by atoms with van der Waals surface area (Å²) in [7, 11) is 1.65. The summed E-state index contributed by atoms with van der Waals surface area (Å²) in [6.45, 7) is 0. The minimum absolute atomic E-state index is 0.0625. The van der Waals surface area contributed by atoms with E-state index in [4.69, 9.17) is 10.5 Å². The Balaban J connectivity index is 2.03. The maximum Gasteiger partial charge on any atom is 0.225 e. The van der Waals surface area contributed by atoms with Gasteiger partial charge in [-0.3, -0.25) is 4.79 Å². The largest absolute Gasteiger partial charge is 0.496 e. The van der Waals surface area contributed by atoms with E-state index in [0.717, 1.165) is 28.6 Å². The highest BCUT2D eigenvalue weighted by atomic mass is 79.9. The molecule has 0 bridgehead atoms. The van der Waals surface area contributed by atoms with Crippen LogP contribution in [0.5, 0.6) is 5.75 Å². The average Bonchev–Trinajstić information content (AvgIpc) is 3.15. The summed E-state index contributed by atoms with van der Waals surface area (Å²) in [5.74, 6) is 0.964. The predicted octanol–water partition coefficient (Wildman–Crippen LogP) is 2.22. The van der Waals surface area contributed by atoms with Crippen molar-refractivity contribution in [1.29, 1.82) is 0 Å². The zero-order chi connectivity index (χ0) is 13.6. The van der Waals surface area contributed by atoms with E-state index in [1.807, 2.05) is 23.1 Å². The molecule has 1 aromatic carbocycles. The van der Waals surface area contributed by atoms with Crippen molar-refractivity contribution in [1.82, 2.24) is 4.90 Å². The van der Waals surface area contributed by atoms with Gasteiger partial charge in [-0.25, -0.2) is 0 Å². The standard InChI is InChI=1S/C14H17BrN2O2/c1-19-12-5-2-8(15)6-10(12)14-11(16)7-13(18)17(14)9-3-4-9/h2,5-6,9,11,14H,3-4,7,16H2,1H3. The van der Waals surface area contributed by atoms with E-state index in [2.05, 4.69) is 15.9 Å². The van der Waals surface area contributed by atoms with Crippen LogP contribution in [0.25, 0.3) is 0 Å². The van der Waals surface area contributed by atoms with Crippen molar-refractivity contribution in [2.45, 2.75) is 37.4 Å². The normalized spacial score (nSPS) is 26.9. The van der Waals surface area contributed by atoms with Crippen LogP contribution in [0.3, 0.4) is 0 Å². The van der Waals surface area contributed by atoms with Gasteiger partial charge in [0.05, 0.1) is 13.2 Å². The van der Waals surface area contributed by atoms with E-state index in [-0.39, 0.29) is 18.0 Å². The Labute approximate surface area is 121 Å². The molecule has 0 radical (unpaired) electrons. The first-order chi connectivity index (χ1) is 9.11. The number of carbonyl (C=O) groups is 1. The molecular formula is C14H17BrN2O2. The van der Waals surface area contributed by atoms with Crippen LogP contribution >= 0.6 is 15.9 Å². The number of methoxy groups -OCH3 is 1. The first kappa shape index (κ1) is 12.9. The van der Waals surface area contributed by atoms with Crippen molar-refractivity contribution < 1.29 is 9.53 Å². The lowest BCUT2D eigenvalue weighted by molar-refractivity contribution is -0.129. The van der Waals surface area contributed by atoms with E-state index in [9.17, 15) is 4.79 Å². The molecule has 2 atom stereocenters. The fraction of sp³-hybridized carbons (Fsp3) is 0.500. The van der Waals surface area contributed by atoms with Crippen molar-refractivity contribution in [3.63, 3.8) is 0 Å². The monoisotopic (exact) mass is 324 g/mol. The van der Waals surface area contributed by atoms with Crippen LogP contribution < -0.4 is 10.5 Å². The molecule has 19 heavy (non-hydrogen) atoms. The van der Waals surface area contributed by atoms with E-state index < -0.39 is 0 Å². The van der Waals surface area contributed by atoms with Gasteiger partial charge in [0.25, 0.3) is 0 Å². The van der Waals surface area contributed by atoms with Gasteiger partial charge in [-0.05, 0) is 31.0 Å². The number of halogens is 1. The number of benzene rings is 1. The molecule has 1 heterocycles. The lowest BCUT2D eigenvalue weighted by atomic mass is 9.99. The summed E-state index contributed by atoms with van der Waals surface area (Å²) in [6.07, 6.45) is 2.60. The molecule has 1 saturated carbocycles. The summed E-state index contributed by atoms with van der Waals surface area (Å²) in [4.78, 5) is 14.1. The minimum Gasteiger partial charge on any atom is -0.496 e. The maximum atomic E-state index is 12.1. The van der Waals surface area contributed by atoms with Crippen LogP contribution in [0.1, 0.15) is 30.9 Å². The third-order valence-electron chi connectivity index (χ3n) is 3.85. The molecule has 2 aliphatic rings. The highest BCUT2D eigenvalue weighted by Gasteiger charge is 2.46. The summed E-state index contributed by atoms with van der Waals surface area (Å²) >= 11 is 3.48. The van der Waals surface area contributed by atoms with Crippen molar-refractivity contribution >= 4 is 21.8 Å². The Hall–Kier alpha value is -1.07. The fourth-order valence-corrected chi connectivity index (χ4v) is 3.26. The molecule has 2 fully saturated rings. The van der Waals surface area contributed by atoms with Crippen molar-refractivity contribution in [3.05, 3.63) is 28.2 Å². The number of nitrogens with zero attached hydrogens (tertiary/aromatic N) is 1. The van der Waals surface area contributed by atoms with E-state index in [1.54, 1.807) is 7.11 Å². The third kappa shape index (κ3) is 2.25. The van der Waals surface area contributed by atoms with Gasteiger partial charge in [0.2, 0.25) is 5.91 Å². The molecule has 1 saturated heterocycles. The molecule has 4 nitrogen and oxygen atoms in total. The van der Waals surface area contributed by atoms with Gasteiger partial charge in [-0.1, -0.05) is 15.9 Å². The second-order valence-electron chi connectivity index (χ2n) is 5.23. The van der Waals surface area contributed by atoms with E-state index in [1.165, 1.54) is 0 Å². The van der Waals surface area contributed by atoms with Crippen molar-refractivity contribution in [2.24, 2.45) is 5.73 Å². The SMILES string of the molecule is COc1ccc(Br)cc1C1C(N)CC(=O)N1C1CC1. The zero-order valence-corrected chi connectivity index (χ0v) is 12.4. The molecule has 1 aliphatic carbocycles. The molecular weight excluding hydrogens is 308 g/mol. The van der Waals surface area contributed by atoms with Crippen LogP contribution in [0, 0.1) is 0 Å². The molecule has 5 heteroatoms. The smallest absolute Gasteiger partial charge is 0.225 e. The summed E-state index contributed by atoms with van der Waals surface area (Å²) in [5, 5.41) is 0. The van der Waals surface area contributed by atoms with Gasteiger partial charge in [-0.15, -0.1) is 0 Å². The molecule has 1 aliphatic heterocycles. The minimum atomic E-state index is -0.156. The summed E-state index contributed by atoms with van der Waals surface area (Å²) < 4.78 is 6.41. The Kier molecular flexibility index (Phi) is 3.27. The molecule has 2 N–H and O–H groups in total. The highest BCUT2D eigenvalue weighted by Crippen LogP contribution is 2.44. The topological polar surface area (TPSA) is 55.6 Å². The van der Waals surface area contributed by atoms with Crippen LogP contribution in [-0.2, 0) is 4.79 Å². The third-order valence-corrected chi connectivity index (χ3v) is 4.35. The number of ether oxygens (including phenoxy) is 1. The number of amides is 1. The van der Waals surface area contributed by atoms with Crippen molar-refractivity contribution in [2.75, 3.05) is 7.11 Å². The molecule has 102 valence electrons. The van der Waals surface area contributed by atoms with Gasteiger partial charge in [0, 0.05) is 28.5 Å². The van der Waals surface area contributed by atoms with Gasteiger partial charge in [-0.2, -0.15) is 0 Å². The summed E-state index contributed by atoms with van der Waals surface area (Å²) in [5.41, 5.74) is 7.20. The van der Waals surface area contributed by atoms with Crippen LogP contribution in [0.2, 0.25) is 0 Å². The number of hydrogen-bond donors (Lipinski definition) is 1. The first-order valence-corrected chi connectivity index (χ1v) is 7.31. The summed E-state index contributed by atoms with van der Waals surface area (Å²) in [6, 6.07) is 6.02. The Morgan fingerprint density at radius 1 is 1.42 bits per heavy atom. The van der Waals surface area contributed by atoms with Crippen LogP contribution in [0.4, 0.5) is 0 Å². The molecule has 0 aromatic heterocycles. The second-order valence-corrected chi connectivity index (χ2v) is 6.15. The fourth-order valence-electron chi connectivity index (χ4n) is 2.88. The van der Waals surface area contributed by atoms with E-state index >= 15 is 0 Å². The van der Waals surface area contributed by atoms with Gasteiger partial charge in [0.15, 0.2) is 0 Å². The van der Waals surface area contributed by atoms with Crippen LogP contribution in [-0.4, -0.2) is 30.0 Å². The Bertz CT molecular complexity index is 516. The van der Waals surface area contributed by atoms with Gasteiger partial charge in [0.1, 0.15) is 5.75 Å². The number of likely N-dealkylation sites (tertiary alicyclic amines) is 1. The van der Waals surface area contributed by atoms with E-state index in [0.29, 0.717) is 12.5 Å². The molecule has 1 aromatic rings. The van der Waals surface area contributed by atoms with Gasteiger partial charge >= 0.3 is 0 Å². The highest BCUT2D eigenvalue weighted by molar-refractivity contribution is 9.10. The van der Waals surface area contributed by atoms with Gasteiger partial charge < -0.3 is 15.4 Å². The molecule has 0 spiro atoms. The molecule has 2 unspecified atom stereocenters. The maximum absolute atomic E-state index is 12.1. The lowest BCUT2D eigenvalue weighted by Gasteiger charge is -2.28. The average molecular weight is 325 g/mol. The Morgan fingerprint density at radius 3 is 2.79 bits per heavy atom. The Morgan fingerprint density at radius 2 is 2.16 bits per heavy atom. The number of nitrogens with two attached hydrogens (primary N) is 1. The quantitative estimate of drug-likeness (QED) is 0.927. The lowest BCUT2D eigenvalue weighted by Crippen LogP contribution is -2.34. The zero-order valence-electron chi connectivity index (χ0n) is 10.8. The number of carbonyl (C=O) groups excluding carboxylic acids is 1. The number of rotatable bonds is 3.